The highest BCUT2D eigenvalue weighted by molar-refractivity contribution is 14.0. The van der Waals surface area contributed by atoms with Crippen molar-refractivity contribution in [2.45, 2.75) is 12.5 Å². The van der Waals surface area contributed by atoms with Gasteiger partial charge in [0.1, 0.15) is 12.7 Å². The fraction of sp³-hybridized carbons (Fsp3) is 0.632. The Labute approximate surface area is 179 Å². The number of benzene rings is 1. The lowest BCUT2D eigenvalue weighted by Gasteiger charge is -2.27. The summed E-state index contributed by atoms with van der Waals surface area (Å²) in [4.78, 5) is 9.22. The lowest BCUT2D eigenvalue weighted by atomic mass is 10.2. The SMILES string of the molecule is CN=C(NCCN1CCCN(C)CC1)NCC1COc2ccccc2O1.I. The van der Waals surface area contributed by atoms with Gasteiger partial charge in [0.2, 0.25) is 0 Å². The number of guanidine groups is 1. The van der Waals surface area contributed by atoms with E-state index in [2.05, 4.69) is 32.5 Å². The maximum absolute atomic E-state index is 5.97. The summed E-state index contributed by atoms with van der Waals surface area (Å²) in [5, 5.41) is 6.73. The fourth-order valence-corrected chi connectivity index (χ4v) is 3.25. The van der Waals surface area contributed by atoms with Crippen LogP contribution in [0.3, 0.4) is 0 Å². The van der Waals surface area contributed by atoms with Crippen LogP contribution in [0.1, 0.15) is 6.42 Å². The van der Waals surface area contributed by atoms with Crippen molar-refractivity contribution in [3.05, 3.63) is 24.3 Å². The number of rotatable bonds is 5. The third-order valence-corrected chi connectivity index (χ3v) is 4.82. The summed E-state index contributed by atoms with van der Waals surface area (Å²) in [6.07, 6.45) is 1.22. The average Bonchev–Trinajstić information content (AvgIpc) is 2.88. The third kappa shape index (κ3) is 7.00. The van der Waals surface area contributed by atoms with Crippen molar-refractivity contribution in [2.75, 3.05) is 66.5 Å². The van der Waals surface area contributed by atoms with Gasteiger partial charge in [-0.15, -0.1) is 24.0 Å². The zero-order valence-electron chi connectivity index (χ0n) is 16.3. The van der Waals surface area contributed by atoms with Crippen LogP contribution in [-0.2, 0) is 0 Å². The molecular weight excluding hydrogens is 457 g/mol. The predicted octanol–water partition coefficient (Wildman–Crippen LogP) is 1.25. The van der Waals surface area contributed by atoms with E-state index >= 15 is 0 Å². The van der Waals surface area contributed by atoms with Crippen molar-refractivity contribution < 1.29 is 9.47 Å². The standard InChI is InChI=1S/C19H31N5O2.HI/c1-20-19(21-8-11-24-10-5-9-23(2)12-13-24)22-14-16-15-25-17-6-3-4-7-18(17)26-16;/h3-4,6-7,16H,5,8-15H2,1-2H3,(H2,20,21,22);1H. The zero-order chi connectivity index (χ0) is 18.2. The topological polar surface area (TPSA) is 61.4 Å². The predicted molar refractivity (Wildman–Crippen MR) is 120 cm³/mol. The molecule has 0 radical (unpaired) electrons. The smallest absolute Gasteiger partial charge is 0.191 e. The summed E-state index contributed by atoms with van der Waals surface area (Å²) in [7, 11) is 3.99. The maximum atomic E-state index is 5.97. The number of likely N-dealkylation sites (N-methyl/N-ethyl adjacent to an activating group) is 1. The molecule has 1 aromatic carbocycles. The van der Waals surface area contributed by atoms with Gasteiger partial charge in [-0.1, -0.05) is 12.1 Å². The molecule has 8 heteroatoms. The van der Waals surface area contributed by atoms with Gasteiger partial charge in [-0.3, -0.25) is 4.99 Å². The summed E-state index contributed by atoms with van der Waals surface area (Å²) in [6, 6.07) is 7.78. The van der Waals surface area contributed by atoms with E-state index in [0.717, 1.165) is 43.6 Å². The lowest BCUT2D eigenvalue weighted by Crippen LogP contribution is -2.47. The molecular formula is C19H32IN5O2. The molecule has 0 spiro atoms. The zero-order valence-corrected chi connectivity index (χ0v) is 18.6. The highest BCUT2D eigenvalue weighted by Gasteiger charge is 2.20. The molecule has 2 heterocycles. The Bertz CT molecular complexity index is 601. The van der Waals surface area contributed by atoms with Crippen LogP contribution < -0.4 is 20.1 Å². The van der Waals surface area contributed by atoms with E-state index in [0.29, 0.717) is 13.2 Å². The van der Waals surface area contributed by atoms with Crippen LogP contribution in [-0.4, -0.2) is 88.4 Å². The van der Waals surface area contributed by atoms with Crippen molar-refractivity contribution in [3.63, 3.8) is 0 Å². The maximum Gasteiger partial charge on any atom is 0.191 e. The van der Waals surface area contributed by atoms with Crippen LogP contribution in [0.2, 0.25) is 0 Å². The molecule has 1 unspecified atom stereocenters. The fourth-order valence-electron chi connectivity index (χ4n) is 3.25. The number of halogens is 1. The van der Waals surface area contributed by atoms with Crippen LogP contribution in [0.4, 0.5) is 0 Å². The number of fused-ring (bicyclic) bond motifs is 1. The summed E-state index contributed by atoms with van der Waals surface area (Å²) in [6.45, 7) is 7.76. The molecule has 3 rings (SSSR count). The minimum atomic E-state index is -0.0235. The Morgan fingerprint density at radius 3 is 2.78 bits per heavy atom. The molecule has 1 saturated heterocycles. The van der Waals surface area contributed by atoms with Crippen molar-refractivity contribution in [2.24, 2.45) is 4.99 Å². The average molecular weight is 489 g/mol. The van der Waals surface area contributed by atoms with E-state index < -0.39 is 0 Å². The Kier molecular flexibility index (Phi) is 9.43. The Balaban J connectivity index is 0.00000261. The van der Waals surface area contributed by atoms with Crippen LogP contribution in [0.25, 0.3) is 0 Å². The normalized spacial score (nSPS) is 21.1. The number of hydrogen-bond acceptors (Lipinski definition) is 5. The number of nitrogens with one attached hydrogen (secondary N) is 2. The second kappa shape index (κ2) is 11.6. The summed E-state index contributed by atoms with van der Waals surface area (Å²) < 4.78 is 11.7. The molecule has 0 aliphatic carbocycles. The highest BCUT2D eigenvalue weighted by Crippen LogP contribution is 2.30. The van der Waals surface area contributed by atoms with Gasteiger partial charge < -0.3 is 29.9 Å². The van der Waals surface area contributed by atoms with Gasteiger partial charge >= 0.3 is 0 Å². The molecule has 1 atom stereocenters. The van der Waals surface area contributed by atoms with E-state index in [4.69, 9.17) is 9.47 Å². The number of para-hydroxylation sites is 2. The number of aliphatic imine (C=N–C) groups is 1. The van der Waals surface area contributed by atoms with Gasteiger partial charge in [-0.2, -0.15) is 0 Å². The molecule has 2 aliphatic heterocycles. The Morgan fingerprint density at radius 1 is 1.15 bits per heavy atom. The van der Waals surface area contributed by atoms with E-state index in [1.165, 1.54) is 19.5 Å². The first-order valence-electron chi connectivity index (χ1n) is 9.48. The van der Waals surface area contributed by atoms with Gasteiger partial charge in [0.05, 0.1) is 6.54 Å². The molecule has 1 fully saturated rings. The lowest BCUT2D eigenvalue weighted by molar-refractivity contribution is 0.0936. The monoisotopic (exact) mass is 489 g/mol. The van der Waals surface area contributed by atoms with Crippen LogP contribution >= 0.6 is 24.0 Å². The molecule has 152 valence electrons. The van der Waals surface area contributed by atoms with Crippen LogP contribution in [0.5, 0.6) is 11.5 Å². The van der Waals surface area contributed by atoms with Crippen molar-refractivity contribution >= 4 is 29.9 Å². The van der Waals surface area contributed by atoms with Gasteiger partial charge in [0, 0.05) is 33.2 Å². The summed E-state index contributed by atoms with van der Waals surface area (Å²) >= 11 is 0. The summed E-state index contributed by atoms with van der Waals surface area (Å²) in [5.74, 6) is 2.42. The molecule has 0 saturated carbocycles. The molecule has 2 aliphatic rings. The quantitative estimate of drug-likeness (QED) is 0.369. The van der Waals surface area contributed by atoms with E-state index in [1.54, 1.807) is 7.05 Å². The Hall–Kier alpha value is -1.26. The Morgan fingerprint density at radius 2 is 1.96 bits per heavy atom. The van der Waals surface area contributed by atoms with Crippen molar-refractivity contribution in [1.29, 1.82) is 0 Å². The van der Waals surface area contributed by atoms with Gasteiger partial charge in [0.15, 0.2) is 17.5 Å². The van der Waals surface area contributed by atoms with E-state index in [1.807, 2.05) is 24.3 Å². The molecule has 2 N–H and O–H groups in total. The van der Waals surface area contributed by atoms with Gasteiger partial charge in [0.25, 0.3) is 0 Å². The third-order valence-electron chi connectivity index (χ3n) is 4.82. The first kappa shape index (κ1) is 22.0. The van der Waals surface area contributed by atoms with Gasteiger partial charge in [-0.05, 0) is 38.7 Å². The molecule has 7 nitrogen and oxygen atoms in total. The van der Waals surface area contributed by atoms with E-state index in [-0.39, 0.29) is 30.1 Å². The van der Waals surface area contributed by atoms with Crippen LogP contribution in [0, 0.1) is 0 Å². The summed E-state index contributed by atoms with van der Waals surface area (Å²) in [5.41, 5.74) is 0. The number of hydrogen-bond donors (Lipinski definition) is 2. The highest BCUT2D eigenvalue weighted by atomic mass is 127. The molecule has 27 heavy (non-hydrogen) atoms. The number of nitrogens with zero attached hydrogens (tertiary/aromatic N) is 3. The minimum Gasteiger partial charge on any atom is -0.486 e. The molecule has 0 amide bonds. The first-order chi connectivity index (χ1) is 12.7. The second-order valence-electron chi connectivity index (χ2n) is 6.88. The molecule has 0 aromatic heterocycles. The van der Waals surface area contributed by atoms with Crippen LogP contribution in [0.15, 0.2) is 29.3 Å². The largest absolute Gasteiger partial charge is 0.486 e. The van der Waals surface area contributed by atoms with Gasteiger partial charge in [-0.25, -0.2) is 0 Å². The van der Waals surface area contributed by atoms with Crippen molar-refractivity contribution in [1.82, 2.24) is 20.4 Å². The minimum absolute atomic E-state index is 0. The molecule has 1 aromatic rings. The first-order valence-corrected chi connectivity index (χ1v) is 9.48. The van der Waals surface area contributed by atoms with Crippen molar-refractivity contribution in [3.8, 4) is 11.5 Å². The number of ether oxygens (including phenoxy) is 2. The molecule has 0 bridgehead atoms. The second-order valence-corrected chi connectivity index (χ2v) is 6.88. The van der Waals surface area contributed by atoms with E-state index in [9.17, 15) is 0 Å².